The van der Waals surface area contributed by atoms with Gasteiger partial charge in [0.15, 0.2) is 0 Å². The lowest BCUT2D eigenvalue weighted by molar-refractivity contribution is 1.08. The van der Waals surface area contributed by atoms with E-state index in [1.165, 1.54) is 4.91 Å². The number of anilines is 1. The third kappa shape index (κ3) is 3.54. The van der Waals surface area contributed by atoms with E-state index in [1.54, 1.807) is 30.1 Å². The van der Waals surface area contributed by atoms with Gasteiger partial charge in [-0.1, -0.05) is 13.0 Å². The van der Waals surface area contributed by atoms with Crippen molar-refractivity contribution in [2.45, 2.75) is 13.8 Å². The van der Waals surface area contributed by atoms with Gasteiger partial charge in [-0.2, -0.15) is 5.10 Å². The van der Waals surface area contributed by atoms with Crippen LogP contribution in [0, 0.1) is 0 Å². The number of rotatable bonds is 6. The van der Waals surface area contributed by atoms with E-state index in [0.717, 1.165) is 18.1 Å². The van der Waals surface area contributed by atoms with Gasteiger partial charge in [0.2, 0.25) is 0 Å². The Morgan fingerprint density at radius 3 is 3.10 bits per heavy atom. The Balaban J connectivity index is 2.07. The molecule has 6 heteroatoms. The minimum atomic E-state index is -0.126. The Morgan fingerprint density at radius 1 is 1.55 bits per heavy atom. The molecular formula is C14H18N4OS. The number of aromatic nitrogens is 3. The second-order valence-corrected chi connectivity index (χ2v) is 5.51. The zero-order valence-electron chi connectivity index (χ0n) is 11.6. The van der Waals surface area contributed by atoms with Crippen LogP contribution in [0.4, 0.5) is 5.82 Å². The number of allylic oxidation sites excluding steroid dienone is 1. The van der Waals surface area contributed by atoms with E-state index in [9.17, 15) is 4.79 Å². The molecular weight excluding hydrogens is 272 g/mol. The lowest BCUT2D eigenvalue weighted by Crippen LogP contribution is -2.06. The van der Waals surface area contributed by atoms with Crippen LogP contribution in [0.3, 0.4) is 0 Å². The van der Waals surface area contributed by atoms with E-state index in [-0.39, 0.29) is 5.56 Å². The van der Waals surface area contributed by atoms with Gasteiger partial charge >= 0.3 is 0 Å². The van der Waals surface area contributed by atoms with Crippen LogP contribution < -0.4 is 10.9 Å². The quantitative estimate of drug-likeness (QED) is 0.765. The van der Waals surface area contributed by atoms with E-state index in [4.69, 9.17) is 0 Å². The summed E-state index contributed by atoms with van der Waals surface area (Å²) >= 11 is 1.81. The van der Waals surface area contributed by atoms with Crippen molar-refractivity contribution in [3.63, 3.8) is 0 Å². The summed E-state index contributed by atoms with van der Waals surface area (Å²) in [5.74, 6) is 1.78. The van der Waals surface area contributed by atoms with Crippen LogP contribution in [0.5, 0.6) is 0 Å². The van der Waals surface area contributed by atoms with Crippen LogP contribution >= 0.6 is 11.8 Å². The number of thioether (sulfide) groups is 1. The number of hydrogen-bond acceptors (Lipinski definition) is 4. The molecule has 0 aliphatic heterocycles. The first-order valence-electron chi connectivity index (χ1n) is 6.50. The van der Waals surface area contributed by atoms with E-state index in [1.807, 2.05) is 13.0 Å². The highest BCUT2D eigenvalue weighted by atomic mass is 32.2. The molecule has 2 rings (SSSR count). The van der Waals surface area contributed by atoms with Gasteiger partial charge in [-0.25, -0.2) is 0 Å². The predicted octanol–water partition coefficient (Wildman–Crippen LogP) is 2.83. The van der Waals surface area contributed by atoms with Crippen LogP contribution in [0.25, 0.3) is 11.3 Å². The van der Waals surface area contributed by atoms with Crippen LogP contribution in [0.15, 0.2) is 40.2 Å². The summed E-state index contributed by atoms with van der Waals surface area (Å²) in [4.78, 5) is 15.6. The second kappa shape index (κ2) is 7.00. The molecule has 0 radical (unpaired) electrons. The van der Waals surface area contributed by atoms with Crippen molar-refractivity contribution >= 4 is 17.6 Å². The van der Waals surface area contributed by atoms with E-state index in [0.29, 0.717) is 11.3 Å². The molecule has 2 aromatic heterocycles. The first-order valence-corrected chi connectivity index (χ1v) is 7.48. The van der Waals surface area contributed by atoms with Gasteiger partial charge < -0.3 is 10.3 Å². The Kier molecular flexibility index (Phi) is 5.06. The fourth-order valence-electron chi connectivity index (χ4n) is 1.78. The van der Waals surface area contributed by atoms with Gasteiger partial charge in [-0.15, -0.1) is 11.8 Å². The highest BCUT2D eigenvalue weighted by Gasteiger charge is 2.07. The van der Waals surface area contributed by atoms with E-state index < -0.39 is 0 Å². The van der Waals surface area contributed by atoms with E-state index >= 15 is 0 Å². The third-order valence-electron chi connectivity index (χ3n) is 2.78. The van der Waals surface area contributed by atoms with Crippen molar-refractivity contribution in [1.82, 2.24) is 15.2 Å². The molecule has 20 heavy (non-hydrogen) atoms. The van der Waals surface area contributed by atoms with Gasteiger partial charge in [0, 0.05) is 18.8 Å². The summed E-state index contributed by atoms with van der Waals surface area (Å²) in [7, 11) is 0. The maximum Gasteiger partial charge on any atom is 0.257 e. The fourth-order valence-corrected chi connectivity index (χ4v) is 2.50. The van der Waals surface area contributed by atoms with Crippen LogP contribution in [0.2, 0.25) is 0 Å². The van der Waals surface area contributed by atoms with Crippen LogP contribution in [-0.4, -0.2) is 27.5 Å². The Bertz CT molecular complexity index is 644. The van der Waals surface area contributed by atoms with Crippen LogP contribution in [0.1, 0.15) is 13.8 Å². The van der Waals surface area contributed by atoms with Crippen molar-refractivity contribution in [1.29, 1.82) is 0 Å². The molecule has 2 heterocycles. The normalized spacial score (nSPS) is 11.6. The minimum Gasteiger partial charge on any atom is -0.364 e. The summed E-state index contributed by atoms with van der Waals surface area (Å²) in [5, 5.41) is 10.3. The highest BCUT2D eigenvalue weighted by molar-refractivity contribution is 8.03. The second-order valence-electron chi connectivity index (χ2n) is 4.12. The predicted molar refractivity (Wildman–Crippen MR) is 85.0 cm³/mol. The zero-order valence-corrected chi connectivity index (χ0v) is 12.4. The molecule has 2 aromatic rings. The molecule has 0 saturated carbocycles. The number of pyridine rings is 1. The topological polar surface area (TPSA) is 73.6 Å². The van der Waals surface area contributed by atoms with Crippen molar-refractivity contribution in [2.75, 3.05) is 17.6 Å². The summed E-state index contributed by atoms with van der Waals surface area (Å²) < 4.78 is 0. The molecule has 0 unspecified atom stereocenters. The number of nitrogens with zero attached hydrogens (tertiary/aromatic N) is 1. The number of hydrogen-bond donors (Lipinski definition) is 3. The molecule has 0 aliphatic rings. The summed E-state index contributed by atoms with van der Waals surface area (Å²) in [6, 6.07) is 5.40. The smallest absolute Gasteiger partial charge is 0.257 e. The molecule has 0 fully saturated rings. The molecule has 0 bridgehead atoms. The average Bonchev–Trinajstić information content (AvgIpc) is 2.92. The zero-order chi connectivity index (χ0) is 14.4. The number of H-pyrrole nitrogens is 2. The third-order valence-corrected chi connectivity index (χ3v) is 3.82. The summed E-state index contributed by atoms with van der Waals surface area (Å²) in [6.07, 6.45) is 3.71. The van der Waals surface area contributed by atoms with Crippen molar-refractivity contribution < 1.29 is 0 Å². The number of nitrogens with one attached hydrogen (secondary N) is 3. The molecule has 0 spiro atoms. The van der Waals surface area contributed by atoms with Gasteiger partial charge in [0.25, 0.3) is 5.56 Å². The standard InChI is InChI=1S/C14H18N4OS/c1-3-10(20-4-2)9-16-13-8-12(17-18-13)11-6-5-7-15-14(11)19/h3,5-8H,4,9H2,1-2H3,(H,15,19)(H2,16,17,18). The first-order chi connectivity index (χ1) is 9.74. The molecule has 0 aliphatic carbocycles. The van der Waals surface area contributed by atoms with Gasteiger partial charge in [0.1, 0.15) is 5.82 Å². The summed E-state index contributed by atoms with van der Waals surface area (Å²) in [6.45, 7) is 4.89. The molecule has 5 nitrogen and oxygen atoms in total. The average molecular weight is 290 g/mol. The Morgan fingerprint density at radius 2 is 2.40 bits per heavy atom. The lowest BCUT2D eigenvalue weighted by atomic mass is 10.2. The summed E-state index contributed by atoms with van der Waals surface area (Å²) in [5.41, 5.74) is 1.17. The lowest BCUT2D eigenvalue weighted by Gasteiger charge is -2.05. The minimum absolute atomic E-state index is 0.126. The van der Waals surface area contributed by atoms with Crippen LogP contribution in [-0.2, 0) is 0 Å². The van der Waals surface area contributed by atoms with Gasteiger partial charge in [-0.05, 0) is 29.7 Å². The SMILES string of the molecule is CC=C(CNc1cc(-c2ccc[nH]c2=O)[nH]n1)SCC. The fraction of sp³-hybridized carbons (Fsp3) is 0.286. The molecule has 0 amide bonds. The van der Waals surface area contributed by atoms with Crippen molar-refractivity contribution in [2.24, 2.45) is 0 Å². The maximum atomic E-state index is 11.7. The molecule has 0 atom stereocenters. The molecule has 0 saturated heterocycles. The van der Waals surface area contributed by atoms with Gasteiger partial charge in [-0.3, -0.25) is 9.89 Å². The molecule has 106 valence electrons. The molecule has 0 aromatic carbocycles. The Hall–Kier alpha value is -1.95. The van der Waals surface area contributed by atoms with E-state index in [2.05, 4.69) is 33.5 Å². The monoisotopic (exact) mass is 290 g/mol. The van der Waals surface area contributed by atoms with Gasteiger partial charge in [0.05, 0.1) is 11.3 Å². The molecule has 3 N–H and O–H groups in total. The maximum absolute atomic E-state index is 11.7. The van der Waals surface area contributed by atoms with Crippen molar-refractivity contribution in [3.05, 3.63) is 45.7 Å². The van der Waals surface area contributed by atoms with Crippen molar-refractivity contribution in [3.8, 4) is 11.3 Å². The Labute approximate surface area is 121 Å². The number of aromatic amines is 2. The first kappa shape index (κ1) is 14.5. The highest BCUT2D eigenvalue weighted by Crippen LogP contribution is 2.18. The largest absolute Gasteiger partial charge is 0.364 e.